The highest BCUT2D eigenvalue weighted by Crippen LogP contribution is 2.19. The van der Waals surface area contributed by atoms with E-state index in [1.807, 2.05) is 54.6 Å². The van der Waals surface area contributed by atoms with Crippen LogP contribution in [-0.2, 0) is 32.0 Å². The minimum atomic E-state index is -1.19. The van der Waals surface area contributed by atoms with E-state index in [9.17, 15) is 24.3 Å². The molecule has 0 bridgehead atoms. The number of carbonyl (C=O) groups excluding carboxylic acids is 3. The molecule has 3 atom stereocenters. The third kappa shape index (κ3) is 7.15. The number of fused-ring (bicyclic) bond motifs is 1. The van der Waals surface area contributed by atoms with Crippen molar-refractivity contribution in [3.8, 4) is 0 Å². The first-order chi connectivity index (χ1) is 16.7. The molecule has 3 aromatic rings. The quantitative estimate of drug-likeness (QED) is 0.234. The molecule has 3 amide bonds. The minimum Gasteiger partial charge on any atom is -0.480 e. The molecule has 0 saturated heterocycles. The van der Waals surface area contributed by atoms with Gasteiger partial charge in [0.25, 0.3) is 0 Å². The Labute approximate surface area is 202 Å². The molecule has 2 aromatic carbocycles. The number of hydrogen-bond acceptors (Lipinski definition) is 5. The van der Waals surface area contributed by atoms with E-state index >= 15 is 0 Å². The number of aromatic nitrogens is 1. The number of carboxylic acid groups (broad SMARTS) is 1. The van der Waals surface area contributed by atoms with Crippen LogP contribution >= 0.6 is 0 Å². The molecule has 184 valence electrons. The molecule has 0 aliphatic heterocycles. The lowest BCUT2D eigenvalue weighted by molar-refractivity contribution is -0.141. The van der Waals surface area contributed by atoms with Crippen molar-refractivity contribution in [2.75, 3.05) is 6.54 Å². The highest BCUT2D eigenvalue weighted by atomic mass is 16.4. The summed E-state index contributed by atoms with van der Waals surface area (Å²) in [5.74, 6) is -2.94. The van der Waals surface area contributed by atoms with E-state index in [-0.39, 0.29) is 6.42 Å². The zero-order chi connectivity index (χ0) is 25.4. The van der Waals surface area contributed by atoms with Gasteiger partial charge >= 0.3 is 5.97 Å². The van der Waals surface area contributed by atoms with Crippen LogP contribution in [0.4, 0.5) is 0 Å². The van der Waals surface area contributed by atoms with Crippen molar-refractivity contribution < 1.29 is 24.3 Å². The van der Waals surface area contributed by atoms with Gasteiger partial charge in [0.1, 0.15) is 12.1 Å². The highest BCUT2D eigenvalue weighted by Gasteiger charge is 2.24. The minimum absolute atomic E-state index is 0.0742. The number of aliphatic carboxylic acids is 1. The Balaban J connectivity index is 1.46. The number of amides is 3. The molecule has 10 heteroatoms. The van der Waals surface area contributed by atoms with Gasteiger partial charge < -0.3 is 31.8 Å². The Morgan fingerprint density at radius 3 is 2.34 bits per heavy atom. The van der Waals surface area contributed by atoms with Crippen molar-refractivity contribution in [2.45, 2.75) is 37.9 Å². The van der Waals surface area contributed by atoms with Crippen molar-refractivity contribution in [3.05, 3.63) is 71.9 Å². The lowest BCUT2D eigenvalue weighted by Gasteiger charge is -2.18. The number of hydrogen-bond donors (Lipinski definition) is 6. The first-order valence-corrected chi connectivity index (χ1v) is 11.2. The van der Waals surface area contributed by atoms with Crippen molar-refractivity contribution in [1.82, 2.24) is 20.9 Å². The first-order valence-electron chi connectivity index (χ1n) is 11.2. The van der Waals surface area contributed by atoms with Crippen LogP contribution in [0, 0.1) is 0 Å². The molecular formula is C25H29N5O5. The zero-order valence-electron chi connectivity index (χ0n) is 19.3. The Morgan fingerprint density at radius 1 is 0.943 bits per heavy atom. The Morgan fingerprint density at radius 2 is 1.63 bits per heavy atom. The summed E-state index contributed by atoms with van der Waals surface area (Å²) >= 11 is 0. The van der Waals surface area contributed by atoms with Gasteiger partial charge in [0.2, 0.25) is 17.7 Å². The van der Waals surface area contributed by atoms with E-state index < -0.39 is 48.4 Å². The van der Waals surface area contributed by atoms with Crippen molar-refractivity contribution in [3.63, 3.8) is 0 Å². The lowest BCUT2D eigenvalue weighted by atomic mass is 10.0. The van der Waals surface area contributed by atoms with Gasteiger partial charge in [-0.25, -0.2) is 4.79 Å². The van der Waals surface area contributed by atoms with E-state index in [2.05, 4.69) is 20.9 Å². The number of nitrogens with one attached hydrogen (secondary N) is 4. The summed E-state index contributed by atoms with van der Waals surface area (Å²) in [5.41, 5.74) is 8.44. The van der Waals surface area contributed by atoms with Crippen LogP contribution in [0.25, 0.3) is 10.9 Å². The fourth-order valence-electron chi connectivity index (χ4n) is 3.63. The molecule has 0 aliphatic carbocycles. The topological polar surface area (TPSA) is 166 Å². The maximum atomic E-state index is 12.3. The molecule has 0 spiro atoms. The van der Waals surface area contributed by atoms with E-state index in [1.165, 1.54) is 6.92 Å². The van der Waals surface area contributed by atoms with Crippen LogP contribution in [0.15, 0.2) is 60.8 Å². The highest BCUT2D eigenvalue weighted by molar-refractivity contribution is 5.92. The van der Waals surface area contributed by atoms with Crippen molar-refractivity contribution >= 4 is 34.6 Å². The molecular weight excluding hydrogens is 450 g/mol. The summed E-state index contributed by atoms with van der Waals surface area (Å²) in [6.07, 6.45) is 2.10. The van der Waals surface area contributed by atoms with Crippen molar-refractivity contribution in [2.24, 2.45) is 5.73 Å². The summed E-state index contributed by atoms with van der Waals surface area (Å²) in [5, 5.41) is 17.8. The molecule has 3 rings (SSSR count). The van der Waals surface area contributed by atoms with Crippen LogP contribution in [-0.4, -0.2) is 58.5 Å². The number of nitrogens with two attached hydrogens (primary N) is 1. The smallest absolute Gasteiger partial charge is 0.326 e. The lowest BCUT2D eigenvalue weighted by Crippen LogP contribution is -2.52. The molecule has 0 radical (unpaired) electrons. The molecule has 0 unspecified atom stereocenters. The van der Waals surface area contributed by atoms with Gasteiger partial charge in [0.15, 0.2) is 0 Å². The van der Waals surface area contributed by atoms with Crippen LogP contribution in [0.5, 0.6) is 0 Å². The second-order valence-electron chi connectivity index (χ2n) is 8.27. The average molecular weight is 480 g/mol. The number of para-hydroxylation sites is 1. The molecule has 0 fully saturated rings. The SMILES string of the molecule is C[C@H](NC(=O)[C@@H](N)Cc1ccccc1)C(=O)NCC(=O)N[C@@H](Cc1c[nH]c2ccccc12)C(=O)O. The number of benzene rings is 2. The molecule has 1 aromatic heterocycles. The van der Waals surface area contributed by atoms with E-state index in [0.717, 1.165) is 22.0 Å². The van der Waals surface area contributed by atoms with Gasteiger partial charge in [-0.15, -0.1) is 0 Å². The largest absolute Gasteiger partial charge is 0.480 e. The standard InChI is InChI=1S/C25H29N5O5/c1-15(29-24(33)19(26)11-16-7-3-2-4-8-16)23(32)28-14-22(31)30-21(25(34)35)12-17-13-27-20-10-6-5-9-18(17)20/h2-10,13,15,19,21,27H,11-12,14,26H2,1H3,(H,28,32)(H,29,33)(H,30,31)(H,34,35)/t15-,19-,21-/m0/s1. The fraction of sp³-hybridized carbons (Fsp3) is 0.280. The van der Waals surface area contributed by atoms with Gasteiger partial charge in [-0.2, -0.15) is 0 Å². The number of carbonyl (C=O) groups is 4. The third-order valence-electron chi connectivity index (χ3n) is 5.54. The Hall–Kier alpha value is -4.18. The van der Waals surface area contributed by atoms with Gasteiger partial charge in [-0.05, 0) is 30.5 Å². The summed E-state index contributed by atoms with van der Waals surface area (Å²) in [4.78, 5) is 51.7. The number of aromatic amines is 1. The molecule has 35 heavy (non-hydrogen) atoms. The fourth-order valence-corrected chi connectivity index (χ4v) is 3.63. The van der Waals surface area contributed by atoms with E-state index in [1.54, 1.807) is 6.20 Å². The van der Waals surface area contributed by atoms with E-state index in [4.69, 9.17) is 5.73 Å². The predicted molar refractivity (Wildman–Crippen MR) is 130 cm³/mol. The van der Waals surface area contributed by atoms with Crippen LogP contribution in [0.2, 0.25) is 0 Å². The van der Waals surface area contributed by atoms with Gasteiger partial charge in [-0.3, -0.25) is 14.4 Å². The van der Waals surface area contributed by atoms with Gasteiger partial charge in [0.05, 0.1) is 12.6 Å². The molecule has 10 nitrogen and oxygen atoms in total. The summed E-state index contributed by atoms with van der Waals surface area (Å²) in [7, 11) is 0. The Kier molecular flexibility index (Phi) is 8.58. The summed E-state index contributed by atoms with van der Waals surface area (Å²) in [6.45, 7) is 1.03. The third-order valence-corrected chi connectivity index (χ3v) is 5.54. The van der Waals surface area contributed by atoms with Gasteiger partial charge in [-0.1, -0.05) is 48.5 Å². The summed E-state index contributed by atoms with van der Waals surface area (Å²) < 4.78 is 0. The van der Waals surface area contributed by atoms with Crippen molar-refractivity contribution in [1.29, 1.82) is 0 Å². The number of H-pyrrole nitrogens is 1. The second kappa shape index (κ2) is 11.8. The average Bonchev–Trinajstić information content (AvgIpc) is 3.25. The second-order valence-corrected chi connectivity index (χ2v) is 8.27. The number of rotatable bonds is 11. The number of carboxylic acids is 1. The molecule has 1 heterocycles. The van der Waals surface area contributed by atoms with Gasteiger partial charge in [0, 0.05) is 23.5 Å². The maximum absolute atomic E-state index is 12.3. The van der Waals surface area contributed by atoms with Crippen LogP contribution in [0.1, 0.15) is 18.1 Å². The normalized spacial score (nSPS) is 13.4. The van der Waals surface area contributed by atoms with Crippen LogP contribution in [0.3, 0.4) is 0 Å². The monoisotopic (exact) mass is 479 g/mol. The Bertz CT molecular complexity index is 1190. The zero-order valence-corrected chi connectivity index (χ0v) is 19.3. The molecule has 0 saturated carbocycles. The van der Waals surface area contributed by atoms with E-state index in [0.29, 0.717) is 6.42 Å². The first kappa shape index (κ1) is 25.4. The van der Waals surface area contributed by atoms with Crippen LogP contribution < -0.4 is 21.7 Å². The molecule has 7 N–H and O–H groups in total. The molecule has 0 aliphatic rings. The summed E-state index contributed by atoms with van der Waals surface area (Å²) in [6, 6.07) is 13.8. The maximum Gasteiger partial charge on any atom is 0.326 e. The predicted octanol–water partition coefficient (Wildman–Crippen LogP) is 0.471.